The number of rotatable bonds is 5. The molecule has 1 atom stereocenters. The second kappa shape index (κ2) is 6.58. The van der Waals surface area contributed by atoms with Crippen LogP contribution in [-0.2, 0) is 16.6 Å². The van der Waals surface area contributed by atoms with E-state index in [1.54, 1.807) is 37.3 Å². The maximum absolute atomic E-state index is 12.3. The van der Waals surface area contributed by atoms with Gasteiger partial charge >= 0.3 is 0 Å². The summed E-state index contributed by atoms with van der Waals surface area (Å²) in [5.41, 5.74) is 1.38. The molecule has 0 bridgehead atoms. The second-order valence-corrected chi connectivity index (χ2v) is 6.79. The van der Waals surface area contributed by atoms with Crippen molar-refractivity contribution in [1.82, 2.24) is 4.72 Å². The minimum atomic E-state index is -3.64. The van der Waals surface area contributed by atoms with Crippen LogP contribution in [0.1, 0.15) is 24.1 Å². The number of hydrogen-bond acceptors (Lipinski definition) is 3. The molecule has 6 heteroatoms. The van der Waals surface area contributed by atoms with Gasteiger partial charge in [-0.1, -0.05) is 41.9 Å². The fraction of sp³-hybridized carbons (Fsp3) is 0.200. The molecule has 0 saturated heterocycles. The van der Waals surface area contributed by atoms with E-state index >= 15 is 0 Å². The first-order chi connectivity index (χ1) is 9.94. The van der Waals surface area contributed by atoms with Crippen LogP contribution in [0.3, 0.4) is 0 Å². The molecule has 0 fully saturated rings. The number of benzene rings is 2. The number of aliphatic hydroxyl groups is 1. The highest BCUT2D eigenvalue weighted by Crippen LogP contribution is 2.24. The van der Waals surface area contributed by atoms with E-state index in [2.05, 4.69) is 4.72 Å². The molecular formula is C15H16ClNO3S. The topological polar surface area (TPSA) is 66.4 Å². The van der Waals surface area contributed by atoms with Crippen LogP contribution in [0.5, 0.6) is 0 Å². The van der Waals surface area contributed by atoms with Gasteiger partial charge in [0.2, 0.25) is 10.0 Å². The van der Waals surface area contributed by atoms with Crippen LogP contribution in [0.2, 0.25) is 5.02 Å². The van der Waals surface area contributed by atoms with Crippen molar-refractivity contribution in [3.8, 4) is 0 Å². The van der Waals surface area contributed by atoms with Crippen LogP contribution >= 0.6 is 11.6 Å². The first-order valence-electron chi connectivity index (χ1n) is 6.40. The molecule has 0 spiro atoms. The summed E-state index contributed by atoms with van der Waals surface area (Å²) in [5.74, 6) is 0. The van der Waals surface area contributed by atoms with Crippen LogP contribution in [0.4, 0.5) is 0 Å². The Morgan fingerprint density at radius 2 is 1.76 bits per heavy atom. The zero-order chi connectivity index (χ0) is 15.5. The Morgan fingerprint density at radius 1 is 1.14 bits per heavy atom. The number of aliphatic hydroxyl groups excluding tert-OH is 1. The SMILES string of the molecule is CC(NS(=O)(=O)c1ccc(CO)cc1)c1ccccc1Cl. The zero-order valence-corrected chi connectivity index (χ0v) is 13.0. The fourth-order valence-electron chi connectivity index (χ4n) is 1.96. The van der Waals surface area contributed by atoms with Crippen molar-refractivity contribution in [3.63, 3.8) is 0 Å². The molecule has 2 aromatic carbocycles. The molecule has 0 heterocycles. The van der Waals surface area contributed by atoms with E-state index in [0.29, 0.717) is 10.6 Å². The molecule has 2 N–H and O–H groups in total. The van der Waals surface area contributed by atoms with E-state index in [-0.39, 0.29) is 11.5 Å². The van der Waals surface area contributed by atoms with E-state index in [1.165, 1.54) is 12.1 Å². The van der Waals surface area contributed by atoms with Gasteiger partial charge in [-0.25, -0.2) is 13.1 Å². The van der Waals surface area contributed by atoms with Crippen molar-refractivity contribution in [3.05, 3.63) is 64.7 Å². The van der Waals surface area contributed by atoms with Gasteiger partial charge in [0.05, 0.1) is 11.5 Å². The first kappa shape index (κ1) is 16.0. The van der Waals surface area contributed by atoms with Gasteiger partial charge in [-0.3, -0.25) is 0 Å². The lowest BCUT2D eigenvalue weighted by atomic mass is 10.1. The molecule has 0 radical (unpaired) electrons. The third-order valence-corrected chi connectivity index (χ3v) is 5.02. The Bertz CT molecular complexity index is 714. The van der Waals surface area contributed by atoms with Crippen molar-refractivity contribution in [1.29, 1.82) is 0 Å². The lowest BCUT2D eigenvalue weighted by Gasteiger charge is -2.16. The van der Waals surface area contributed by atoms with Gasteiger partial charge in [0.15, 0.2) is 0 Å². The minimum absolute atomic E-state index is 0.121. The number of halogens is 1. The van der Waals surface area contributed by atoms with Gasteiger partial charge in [0, 0.05) is 11.1 Å². The van der Waals surface area contributed by atoms with E-state index in [0.717, 1.165) is 5.56 Å². The molecule has 0 aliphatic heterocycles. The summed E-state index contributed by atoms with van der Waals surface area (Å²) < 4.78 is 27.2. The lowest BCUT2D eigenvalue weighted by Crippen LogP contribution is -2.27. The monoisotopic (exact) mass is 325 g/mol. The van der Waals surface area contributed by atoms with Crippen molar-refractivity contribution < 1.29 is 13.5 Å². The van der Waals surface area contributed by atoms with Crippen molar-refractivity contribution in [2.45, 2.75) is 24.5 Å². The quantitative estimate of drug-likeness (QED) is 0.888. The van der Waals surface area contributed by atoms with Crippen LogP contribution in [0, 0.1) is 0 Å². The van der Waals surface area contributed by atoms with Gasteiger partial charge in [-0.05, 0) is 36.2 Å². The zero-order valence-electron chi connectivity index (χ0n) is 11.5. The number of hydrogen-bond donors (Lipinski definition) is 2. The van der Waals surface area contributed by atoms with Crippen LogP contribution in [0.15, 0.2) is 53.4 Å². The highest BCUT2D eigenvalue weighted by atomic mass is 35.5. The number of sulfonamides is 1. The molecule has 4 nitrogen and oxygen atoms in total. The van der Waals surface area contributed by atoms with Crippen molar-refractivity contribution in [2.24, 2.45) is 0 Å². The molecule has 112 valence electrons. The van der Waals surface area contributed by atoms with Crippen LogP contribution in [0.25, 0.3) is 0 Å². The largest absolute Gasteiger partial charge is 0.392 e. The molecule has 2 aromatic rings. The third kappa shape index (κ3) is 3.83. The van der Waals surface area contributed by atoms with Gasteiger partial charge in [-0.2, -0.15) is 0 Å². The third-order valence-electron chi connectivity index (χ3n) is 3.12. The summed E-state index contributed by atoms with van der Waals surface area (Å²) in [6.45, 7) is 1.62. The molecule has 1 unspecified atom stereocenters. The number of nitrogens with one attached hydrogen (secondary N) is 1. The second-order valence-electron chi connectivity index (χ2n) is 4.67. The van der Waals surface area contributed by atoms with Crippen molar-refractivity contribution in [2.75, 3.05) is 0 Å². The summed E-state index contributed by atoms with van der Waals surface area (Å²) in [7, 11) is -3.64. The molecule has 0 aliphatic carbocycles. The summed E-state index contributed by atoms with van der Waals surface area (Å²) in [6.07, 6.45) is 0. The molecule has 2 rings (SSSR count). The Labute approximate surface area is 129 Å². The van der Waals surface area contributed by atoms with E-state index in [4.69, 9.17) is 16.7 Å². The summed E-state index contributed by atoms with van der Waals surface area (Å²) >= 11 is 6.07. The average Bonchev–Trinajstić information content (AvgIpc) is 2.47. The van der Waals surface area contributed by atoms with E-state index in [1.807, 2.05) is 6.07 Å². The fourth-order valence-corrected chi connectivity index (χ4v) is 3.49. The Hall–Kier alpha value is -1.40. The van der Waals surface area contributed by atoms with E-state index < -0.39 is 16.1 Å². The predicted molar refractivity (Wildman–Crippen MR) is 82.6 cm³/mol. The molecule has 0 aliphatic rings. The van der Waals surface area contributed by atoms with Gasteiger partial charge in [-0.15, -0.1) is 0 Å². The lowest BCUT2D eigenvalue weighted by molar-refractivity contribution is 0.282. The normalized spacial score (nSPS) is 13.1. The van der Waals surface area contributed by atoms with Crippen LogP contribution < -0.4 is 4.72 Å². The van der Waals surface area contributed by atoms with Gasteiger partial charge < -0.3 is 5.11 Å². The minimum Gasteiger partial charge on any atom is -0.392 e. The standard InChI is InChI=1S/C15H16ClNO3S/c1-11(14-4-2-3-5-15(14)16)17-21(19,20)13-8-6-12(10-18)7-9-13/h2-9,11,17-18H,10H2,1H3. The van der Waals surface area contributed by atoms with Crippen molar-refractivity contribution >= 4 is 21.6 Å². The Balaban J connectivity index is 2.22. The Kier molecular flexibility index (Phi) is 5.00. The smallest absolute Gasteiger partial charge is 0.241 e. The maximum atomic E-state index is 12.3. The molecule has 0 saturated carbocycles. The van der Waals surface area contributed by atoms with Gasteiger partial charge in [0.1, 0.15) is 0 Å². The van der Waals surface area contributed by atoms with Gasteiger partial charge in [0.25, 0.3) is 0 Å². The summed E-state index contributed by atoms with van der Waals surface area (Å²) in [5, 5.41) is 9.49. The Morgan fingerprint density at radius 3 is 2.33 bits per heavy atom. The summed E-state index contributed by atoms with van der Waals surface area (Å²) in [4.78, 5) is 0.151. The summed E-state index contributed by atoms with van der Waals surface area (Å²) in [6, 6.07) is 12.7. The molecule has 0 aromatic heterocycles. The maximum Gasteiger partial charge on any atom is 0.241 e. The molecule has 0 amide bonds. The molecule has 21 heavy (non-hydrogen) atoms. The highest BCUT2D eigenvalue weighted by molar-refractivity contribution is 7.89. The first-order valence-corrected chi connectivity index (χ1v) is 8.26. The molecular weight excluding hydrogens is 310 g/mol. The van der Waals surface area contributed by atoms with E-state index in [9.17, 15) is 8.42 Å². The predicted octanol–water partition coefficient (Wildman–Crippen LogP) is 2.87. The highest BCUT2D eigenvalue weighted by Gasteiger charge is 2.19. The average molecular weight is 326 g/mol. The van der Waals surface area contributed by atoms with Crippen LogP contribution in [-0.4, -0.2) is 13.5 Å².